The predicted octanol–water partition coefficient (Wildman–Crippen LogP) is 1.95. The zero-order valence-electron chi connectivity index (χ0n) is 12.5. The highest BCUT2D eigenvalue weighted by Gasteiger charge is 2.53. The van der Waals surface area contributed by atoms with E-state index in [9.17, 15) is 4.79 Å². The van der Waals surface area contributed by atoms with Gasteiger partial charge in [-0.25, -0.2) is 9.97 Å². The predicted molar refractivity (Wildman–Crippen MR) is 81.1 cm³/mol. The van der Waals surface area contributed by atoms with E-state index in [0.29, 0.717) is 17.7 Å². The third kappa shape index (κ3) is 3.37. The molecule has 0 aromatic carbocycles. The van der Waals surface area contributed by atoms with E-state index in [2.05, 4.69) is 15.3 Å². The number of hydrogen-bond donors (Lipinski definition) is 1. The van der Waals surface area contributed by atoms with E-state index in [4.69, 9.17) is 4.74 Å². The largest absolute Gasteiger partial charge is 0.468 e. The van der Waals surface area contributed by atoms with Crippen LogP contribution in [0.4, 0.5) is 0 Å². The third-order valence-electron chi connectivity index (χ3n) is 4.06. The minimum Gasteiger partial charge on any atom is -0.468 e. The Bertz CT molecular complexity index is 531. The summed E-state index contributed by atoms with van der Waals surface area (Å²) in [5.41, 5.74) is 0.367. The molecular formula is C15H21N3O2S. The number of carbonyl (C=O) groups is 1. The molecular weight excluding hydrogens is 286 g/mol. The minimum absolute atomic E-state index is 0.142. The Morgan fingerprint density at radius 3 is 2.81 bits per heavy atom. The first kappa shape index (κ1) is 14.8. The van der Waals surface area contributed by atoms with E-state index in [1.807, 2.05) is 13.0 Å². The monoisotopic (exact) mass is 307 g/mol. The Kier molecular flexibility index (Phi) is 4.17. The van der Waals surface area contributed by atoms with Crippen LogP contribution in [-0.4, -0.2) is 40.4 Å². The molecule has 1 unspecified atom stereocenters. The normalized spacial score (nSPS) is 20.9. The van der Waals surface area contributed by atoms with Crippen molar-refractivity contribution in [2.24, 2.45) is 5.92 Å². The van der Waals surface area contributed by atoms with Gasteiger partial charge in [-0.15, -0.1) is 0 Å². The third-order valence-corrected chi connectivity index (χ3v) is 5.12. The van der Waals surface area contributed by atoms with Crippen LogP contribution in [0.3, 0.4) is 0 Å². The Labute approximate surface area is 129 Å². The van der Waals surface area contributed by atoms with Crippen LogP contribution < -0.4 is 5.32 Å². The van der Waals surface area contributed by atoms with Crippen LogP contribution in [0, 0.1) is 12.8 Å². The van der Waals surface area contributed by atoms with Crippen molar-refractivity contribution in [2.75, 3.05) is 12.9 Å². The van der Waals surface area contributed by atoms with E-state index < -0.39 is 5.54 Å². The van der Waals surface area contributed by atoms with Gasteiger partial charge in [0.2, 0.25) is 0 Å². The summed E-state index contributed by atoms with van der Waals surface area (Å²) in [6.45, 7) is 1.95. The van der Waals surface area contributed by atoms with Gasteiger partial charge >= 0.3 is 5.97 Å². The lowest BCUT2D eigenvalue weighted by Crippen LogP contribution is -2.57. The lowest BCUT2D eigenvalue weighted by atomic mass is 9.95. The number of esters is 1. The molecule has 0 aliphatic heterocycles. The SMILES string of the molecule is COC(=O)C(CSc1nccc(C)n1)(NC1CC1)C1CC1. The molecule has 0 radical (unpaired) electrons. The molecule has 2 aliphatic carbocycles. The van der Waals surface area contributed by atoms with Crippen molar-refractivity contribution in [1.29, 1.82) is 0 Å². The molecule has 1 heterocycles. The molecule has 0 bridgehead atoms. The molecule has 21 heavy (non-hydrogen) atoms. The summed E-state index contributed by atoms with van der Waals surface area (Å²) in [5.74, 6) is 0.865. The first-order chi connectivity index (χ1) is 10.1. The van der Waals surface area contributed by atoms with Crippen LogP contribution in [0.5, 0.6) is 0 Å². The molecule has 0 spiro atoms. The highest BCUT2D eigenvalue weighted by atomic mass is 32.2. The lowest BCUT2D eigenvalue weighted by Gasteiger charge is -2.32. The number of ether oxygens (including phenoxy) is 1. The molecule has 2 aliphatic rings. The van der Waals surface area contributed by atoms with Crippen molar-refractivity contribution in [3.05, 3.63) is 18.0 Å². The quantitative estimate of drug-likeness (QED) is 0.472. The number of nitrogens with one attached hydrogen (secondary N) is 1. The summed E-state index contributed by atoms with van der Waals surface area (Å²) in [5, 5.41) is 4.27. The Balaban J connectivity index is 1.75. The van der Waals surface area contributed by atoms with E-state index >= 15 is 0 Å². The Hall–Kier alpha value is -1.14. The minimum atomic E-state index is -0.576. The maximum atomic E-state index is 12.4. The average Bonchev–Trinajstić information content (AvgIpc) is 3.36. The van der Waals surface area contributed by atoms with E-state index in [-0.39, 0.29) is 5.97 Å². The average molecular weight is 307 g/mol. The van der Waals surface area contributed by atoms with Crippen LogP contribution in [0.2, 0.25) is 0 Å². The topological polar surface area (TPSA) is 64.1 Å². The number of thioether (sulfide) groups is 1. The maximum Gasteiger partial charge on any atom is 0.327 e. The number of carbonyl (C=O) groups excluding carboxylic acids is 1. The Morgan fingerprint density at radius 2 is 2.24 bits per heavy atom. The highest BCUT2D eigenvalue weighted by Crippen LogP contribution is 2.44. The van der Waals surface area contributed by atoms with Crippen molar-refractivity contribution in [3.8, 4) is 0 Å². The smallest absolute Gasteiger partial charge is 0.327 e. The molecule has 1 aromatic heterocycles. The van der Waals surface area contributed by atoms with Gasteiger partial charge in [0.25, 0.3) is 0 Å². The van der Waals surface area contributed by atoms with Crippen molar-refractivity contribution in [2.45, 2.75) is 49.3 Å². The number of rotatable bonds is 7. The van der Waals surface area contributed by atoms with Crippen LogP contribution in [-0.2, 0) is 9.53 Å². The van der Waals surface area contributed by atoms with Crippen molar-refractivity contribution < 1.29 is 9.53 Å². The second kappa shape index (κ2) is 5.93. The number of hydrogen-bond acceptors (Lipinski definition) is 6. The van der Waals surface area contributed by atoms with Gasteiger partial charge < -0.3 is 4.74 Å². The van der Waals surface area contributed by atoms with Crippen LogP contribution in [0.15, 0.2) is 17.4 Å². The van der Waals surface area contributed by atoms with Gasteiger partial charge in [-0.1, -0.05) is 11.8 Å². The standard InChI is InChI=1S/C15H21N3O2S/c1-10-7-8-16-14(17-10)21-9-15(11-3-4-11,13(19)20-2)18-12-5-6-12/h7-8,11-12,18H,3-6,9H2,1-2H3. The number of nitrogens with zero attached hydrogens (tertiary/aromatic N) is 2. The molecule has 2 saturated carbocycles. The molecule has 6 heteroatoms. The fourth-order valence-corrected chi connectivity index (χ4v) is 3.72. The molecule has 114 valence electrons. The molecule has 3 rings (SSSR count). The molecule has 5 nitrogen and oxygen atoms in total. The number of aromatic nitrogens is 2. The van der Waals surface area contributed by atoms with Crippen LogP contribution >= 0.6 is 11.8 Å². The Morgan fingerprint density at radius 1 is 1.48 bits per heavy atom. The number of methoxy groups -OCH3 is 1. The second-order valence-corrected chi connectivity index (χ2v) is 6.87. The van der Waals surface area contributed by atoms with Crippen molar-refractivity contribution in [1.82, 2.24) is 15.3 Å². The summed E-state index contributed by atoms with van der Waals surface area (Å²) in [6.07, 6.45) is 6.23. The van der Waals surface area contributed by atoms with Gasteiger partial charge in [0.1, 0.15) is 5.54 Å². The van der Waals surface area contributed by atoms with Crippen LogP contribution in [0.1, 0.15) is 31.4 Å². The summed E-state index contributed by atoms with van der Waals surface area (Å²) < 4.78 is 5.10. The maximum absolute atomic E-state index is 12.4. The fraction of sp³-hybridized carbons (Fsp3) is 0.667. The zero-order valence-corrected chi connectivity index (χ0v) is 13.3. The summed E-state index contributed by atoms with van der Waals surface area (Å²) in [4.78, 5) is 21.1. The van der Waals surface area contributed by atoms with E-state index in [1.54, 1.807) is 6.20 Å². The zero-order chi connectivity index (χ0) is 14.9. The molecule has 0 saturated heterocycles. The lowest BCUT2D eigenvalue weighted by molar-refractivity contribution is -0.148. The molecule has 2 fully saturated rings. The summed E-state index contributed by atoms with van der Waals surface area (Å²) in [6, 6.07) is 2.34. The van der Waals surface area contributed by atoms with Gasteiger partial charge in [0.15, 0.2) is 5.16 Å². The van der Waals surface area contributed by atoms with Gasteiger partial charge in [0, 0.05) is 23.7 Å². The molecule has 1 aromatic rings. The van der Waals surface area contributed by atoms with Gasteiger partial charge in [-0.2, -0.15) is 0 Å². The molecule has 0 amide bonds. The highest BCUT2D eigenvalue weighted by molar-refractivity contribution is 7.99. The van der Waals surface area contributed by atoms with Gasteiger partial charge in [0.05, 0.1) is 7.11 Å². The second-order valence-electron chi connectivity index (χ2n) is 5.93. The number of aryl methyl sites for hydroxylation is 1. The molecule has 1 N–H and O–H groups in total. The first-order valence-corrected chi connectivity index (χ1v) is 8.41. The molecule has 1 atom stereocenters. The summed E-state index contributed by atoms with van der Waals surface area (Å²) >= 11 is 1.54. The van der Waals surface area contributed by atoms with Crippen molar-refractivity contribution in [3.63, 3.8) is 0 Å². The van der Waals surface area contributed by atoms with Crippen LogP contribution in [0.25, 0.3) is 0 Å². The van der Waals surface area contributed by atoms with Crippen molar-refractivity contribution >= 4 is 17.7 Å². The fourth-order valence-electron chi connectivity index (χ4n) is 2.59. The first-order valence-electron chi connectivity index (χ1n) is 7.42. The van der Waals surface area contributed by atoms with Gasteiger partial charge in [-0.3, -0.25) is 10.1 Å². The summed E-state index contributed by atoms with van der Waals surface area (Å²) in [7, 11) is 1.47. The van der Waals surface area contributed by atoms with E-state index in [1.165, 1.54) is 18.9 Å². The van der Waals surface area contributed by atoms with Gasteiger partial charge in [-0.05, 0) is 44.6 Å². The van der Waals surface area contributed by atoms with E-state index in [0.717, 1.165) is 36.5 Å².